The summed E-state index contributed by atoms with van der Waals surface area (Å²) >= 11 is 4.54. The van der Waals surface area contributed by atoms with Crippen molar-refractivity contribution in [3.8, 4) is 11.6 Å². The molecule has 3 aromatic rings. The zero-order chi connectivity index (χ0) is 16.4. The van der Waals surface area contributed by atoms with Crippen molar-refractivity contribution in [1.29, 1.82) is 0 Å². The molecule has 0 atom stereocenters. The van der Waals surface area contributed by atoms with Gasteiger partial charge in [0.15, 0.2) is 10.9 Å². The van der Waals surface area contributed by atoms with Gasteiger partial charge in [-0.15, -0.1) is 16.8 Å². The van der Waals surface area contributed by atoms with Gasteiger partial charge in [0, 0.05) is 16.4 Å². The molecular formula is C15H12BrN3O3S. The Bertz CT molecular complexity index is 887. The molecular weight excluding hydrogens is 382 g/mol. The van der Waals surface area contributed by atoms with Crippen molar-refractivity contribution in [1.82, 2.24) is 14.8 Å². The van der Waals surface area contributed by atoms with Crippen LogP contribution in [0.4, 0.5) is 0 Å². The number of benzene rings is 1. The van der Waals surface area contributed by atoms with Crippen LogP contribution in [-0.4, -0.2) is 31.6 Å². The number of rotatable bonds is 6. The summed E-state index contributed by atoms with van der Waals surface area (Å²) in [5.74, 6) is 0.139. The Morgan fingerprint density at radius 3 is 3.00 bits per heavy atom. The molecule has 0 unspecified atom stereocenters. The lowest BCUT2D eigenvalue weighted by Crippen LogP contribution is -2.03. The number of fused-ring (bicyclic) bond motifs is 1. The van der Waals surface area contributed by atoms with E-state index in [2.05, 4.69) is 32.7 Å². The highest BCUT2D eigenvalue weighted by Gasteiger charge is 2.18. The van der Waals surface area contributed by atoms with Gasteiger partial charge < -0.3 is 9.52 Å². The fourth-order valence-electron chi connectivity index (χ4n) is 2.12. The first kappa shape index (κ1) is 15.8. The molecule has 0 bridgehead atoms. The lowest BCUT2D eigenvalue weighted by atomic mass is 10.2. The molecule has 1 N–H and O–H groups in total. The Balaban J connectivity index is 2.02. The summed E-state index contributed by atoms with van der Waals surface area (Å²) < 4.78 is 8.58. The second-order valence-corrected chi connectivity index (χ2v) is 6.54. The van der Waals surface area contributed by atoms with Gasteiger partial charge >= 0.3 is 5.97 Å². The van der Waals surface area contributed by atoms with Gasteiger partial charge in [0.25, 0.3) is 0 Å². The predicted molar refractivity (Wildman–Crippen MR) is 91.5 cm³/mol. The van der Waals surface area contributed by atoms with Gasteiger partial charge in [0.2, 0.25) is 5.82 Å². The number of carboxylic acids is 1. The third-order valence-electron chi connectivity index (χ3n) is 3.05. The molecule has 118 valence electrons. The molecule has 8 heteroatoms. The molecule has 1 aromatic carbocycles. The molecule has 0 spiro atoms. The van der Waals surface area contributed by atoms with E-state index in [9.17, 15) is 4.79 Å². The largest absolute Gasteiger partial charge is 0.481 e. The van der Waals surface area contributed by atoms with Crippen LogP contribution in [0.3, 0.4) is 0 Å². The molecule has 0 radical (unpaired) electrons. The van der Waals surface area contributed by atoms with E-state index < -0.39 is 5.97 Å². The first-order valence-corrected chi connectivity index (χ1v) is 8.44. The SMILES string of the molecule is C=CCn1c(SCC(=O)O)nnc1-c1cc2cc(Br)ccc2o1. The van der Waals surface area contributed by atoms with Gasteiger partial charge in [-0.05, 0) is 24.3 Å². The van der Waals surface area contributed by atoms with Gasteiger partial charge in [-0.3, -0.25) is 9.36 Å². The number of allylic oxidation sites excluding steroid dienone is 1. The van der Waals surface area contributed by atoms with Crippen LogP contribution in [0.25, 0.3) is 22.6 Å². The minimum absolute atomic E-state index is 0.0810. The summed E-state index contributed by atoms with van der Waals surface area (Å²) in [7, 11) is 0. The van der Waals surface area contributed by atoms with Crippen molar-refractivity contribution in [2.24, 2.45) is 0 Å². The number of thioether (sulfide) groups is 1. The van der Waals surface area contributed by atoms with Gasteiger partial charge in [0.1, 0.15) is 5.58 Å². The molecule has 0 aliphatic rings. The van der Waals surface area contributed by atoms with Crippen molar-refractivity contribution < 1.29 is 14.3 Å². The highest BCUT2D eigenvalue weighted by atomic mass is 79.9. The van der Waals surface area contributed by atoms with Crippen molar-refractivity contribution in [2.75, 3.05) is 5.75 Å². The number of halogens is 1. The summed E-state index contributed by atoms with van der Waals surface area (Å²) in [6, 6.07) is 7.61. The highest BCUT2D eigenvalue weighted by molar-refractivity contribution is 9.10. The van der Waals surface area contributed by atoms with Crippen molar-refractivity contribution in [3.63, 3.8) is 0 Å². The molecule has 2 heterocycles. The minimum atomic E-state index is -0.904. The van der Waals surface area contributed by atoms with E-state index in [0.29, 0.717) is 23.3 Å². The third kappa shape index (κ3) is 3.32. The molecule has 3 rings (SSSR count). The van der Waals surface area contributed by atoms with Crippen LogP contribution in [0.2, 0.25) is 0 Å². The molecule has 2 aromatic heterocycles. The second kappa shape index (κ2) is 6.59. The van der Waals surface area contributed by atoms with E-state index in [1.165, 1.54) is 0 Å². The Hall–Kier alpha value is -2.06. The van der Waals surface area contributed by atoms with E-state index in [1.807, 2.05) is 24.3 Å². The fraction of sp³-hybridized carbons (Fsp3) is 0.133. The molecule has 0 aliphatic heterocycles. The summed E-state index contributed by atoms with van der Waals surface area (Å²) in [6.07, 6.45) is 1.71. The number of carbonyl (C=O) groups is 1. The molecule has 0 saturated heterocycles. The molecule has 0 aliphatic carbocycles. The van der Waals surface area contributed by atoms with E-state index in [1.54, 1.807) is 10.6 Å². The lowest BCUT2D eigenvalue weighted by Gasteiger charge is -2.04. The molecule has 23 heavy (non-hydrogen) atoms. The Morgan fingerprint density at radius 1 is 1.43 bits per heavy atom. The lowest BCUT2D eigenvalue weighted by molar-refractivity contribution is -0.133. The van der Waals surface area contributed by atoms with Crippen molar-refractivity contribution in [3.05, 3.63) is 41.4 Å². The normalized spacial score (nSPS) is 11.0. The smallest absolute Gasteiger partial charge is 0.313 e. The van der Waals surface area contributed by atoms with E-state index >= 15 is 0 Å². The van der Waals surface area contributed by atoms with Crippen LogP contribution in [0.1, 0.15) is 0 Å². The number of hydrogen-bond donors (Lipinski definition) is 1. The van der Waals surface area contributed by atoms with Crippen LogP contribution in [0.15, 0.2) is 51.0 Å². The molecule has 0 amide bonds. The maximum atomic E-state index is 10.7. The summed E-state index contributed by atoms with van der Waals surface area (Å²) in [6.45, 7) is 4.19. The topological polar surface area (TPSA) is 81.2 Å². The fourth-order valence-corrected chi connectivity index (χ4v) is 3.17. The van der Waals surface area contributed by atoms with E-state index in [-0.39, 0.29) is 5.75 Å². The number of furan rings is 1. The summed E-state index contributed by atoms with van der Waals surface area (Å²) in [4.78, 5) is 10.7. The van der Waals surface area contributed by atoms with Crippen LogP contribution in [-0.2, 0) is 11.3 Å². The Kier molecular flexibility index (Phi) is 4.53. The van der Waals surface area contributed by atoms with Gasteiger partial charge in [-0.25, -0.2) is 0 Å². The minimum Gasteiger partial charge on any atom is -0.481 e. The summed E-state index contributed by atoms with van der Waals surface area (Å²) in [5, 5.41) is 18.5. The zero-order valence-electron chi connectivity index (χ0n) is 11.9. The maximum absolute atomic E-state index is 10.7. The number of hydrogen-bond acceptors (Lipinski definition) is 5. The van der Waals surface area contributed by atoms with Gasteiger partial charge in [-0.1, -0.05) is 33.8 Å². The van der Waals surface area contributed by atoms with Crippen molar-refractivity contribution >= 4 is 44.6 Å². The van der Waals surface area contributed by atoms with Crippen LogP contribution >= 0.6 is 27.7 Å². The average Bonchev–Trinajstić information content (AvgIpc) is 3.08. The molecule has 6 nitrogen and oxygen atoms in total. The highest BCUT2D eigenvalue weighted by Crippen LogP contribution is 2.30. The standard InChI is InChI=1S/C15H12BrN3O3S/c1-2-5-19-14(17-18-15(19)23-8-13(20)21)12-7-9-6-10(16)3-4-11(9)22-12/h2-4,6-7H,1,5,8H2,(H,20,21). The summed E-state index contributed by atoms with van der Waals surface area (Å²) in [5.41, 5.74) is 0.746. The first-order chi connectivity index (χ1) is 11.1. The quantitative estimate of drug-likeness (QED) is 0.506. The third-order valence-corrected chi connectivity index (χ3v) is 4.50. The number of carboxylic acid groups (broad SMARTS) is 1. The zero-order valence-corrected chi connectivity index (χ0v) is 14.3. The van der Waals surface area contributed by atoms with Crippen LogP contribution < -0.4 is 0 Å². The Morgan fingerprint density at radius 2 is 2.26 bits per heavy atom. The predicted octanol–water partition coefficient (Wildman–Crippen LogP) is 3.82. The molecule has 0 saturated carbocycles. The van der Waals surface area contributed by atoms with Gasteiger partial charge in [0.05, 0.1) is 5.75 Å². The van der Waals surface area contributed by atoms with Crippen LogP contribution in [0.5, 0.6) is 0 Å². The number of aliphatic carboxylic acids is 1. The average molecular weight is 394 g/mol. The molecule has 0 fully saturated rings. The monoisotopic (exact) mass is 393 g/mol. The first-order valence-electron chi connectivity index (χ1n) is 6.66. The van der Waals surface area contributed by atoms with Crippen molar-refractivity contribution in [2.45, 2.75) is 11.7 Å². The number of nitrogens with zero attached hydrogens (tertiary/aromatic N) is 3. The van der Waals surface area contributed by atoms with E-state index in [4.69, 9.17) is 9.52 Å². The van der Waals surface area contributed by atoms with Crippen LogP contribution in [0, 0.1) is 0 Å². The van der Waals surface area contributed by atoms with E-state index in [0.717, 1.165) is 27.2 Å². The second-order valence-electron chi connectivity index (χ2n) is 4.68. The number of aromatic nitrogens is 3. The Labute approximate surface area is 144 Å². The van der Waals surface area contributed by atoms with Gasteiger partial charge in [-0.2, -0.15) is 0 Å². The maximum Gasteiger partial charge on any atom is 0.313 e.